The lowest BCUT2D eigenvalue weighted by Gasteiger charge is -2.01. The molecule has 0 saturated carbocycles. The van der Waals surface area contributed by atoms with Gasteiger partial charge in [-0.05, 0) is 30.3 Å². The second-order valence-corrected chi connectivity index (χ2v) is 4.09. The third-order valence-corrected chi connectivity index (χ3v) is 2.82. The topological polar surface area (TPSA) is 61.3 Å². The molecule has 4 nitrogen and oxygen atoms in total. The molecule has 0 spiro atoms. The molecule has 0 fully saturated rings. The van der Waals surface area contributed by atoms with Gasteiger partial charge in [0, 0.05) is 11.8 Å². The number of nitrogens with two attached hydrogens (primary N) is 1. The summed E-state index contributed by atoms with van der Waals surface area (Å²) in [4.78, 5) is 4.23. The van der Waals surface area contributed by atoms with Crippen molar-refractivity contribution in [2.75, 3.05) is 12.8 Å². The number of hydrogen-bond donors (Lipinski definition) is 1. The summed E-state index contributed by atoms with van der Waals surface area (Å²) in [7, 11) is 1.48. The molecule has 0 aliphatic rings. The predicted octanol–water partition coefficient (Wildman–Crippen LogP) is 3.22. The molecular formula is C14H11FN2O2. The Morgan fingerprint density at radius 3 is 2.79 bits per heavy atom. The van der Waals surface area contributed by atoms with Crippen LogP contribution in [0.4, 0.5) is 10.1 Å². The number of nitrogens with zero attached hydrogens (tertiary/aromatic N) is 1. The number of nitrogen functional groups attached to an aromatic ring is 1. The van der Waals surface area contributed by atoms with E-state index in [2.05, 4.69) is 4.98 Å². The first kappa shape index (κ1) is 11.5. The molecule has 19 heavy (non-hydrogen) atoms. The number of hydrogen-bond acceptors (Lipinski definition) is 4. The summed E-state index contributed by atoms with van der Waals surface area (Å²) in [5.41, 5.74) is 7.71. The average Bonchev–Trinajstić information content (AvgIpc) is 2.81. The number of methoxy groups -OCH3 is 1. The van der Waals surface area contributed by atoms with Crippen LogP contribution in [0, 0.1) is 5.82 Å². The van der Waals surface area contributed by atoms with Crippen LogP contribution >= 0.6 is 0 Å². The Morgan fingerprint density at radius 1 is 1.21 bits per heavy atom. The number of fused-ring (bicyclic) bond motifs is 1. The highest BCUT2D eigenvalue weighted by Crippen LogP contribution is 2.29. The molecule has 0 atom stereocenters. The van der Waals surface area contributed by atoms with Gasteiger partial charge in [0.05, 0.1) is 12.7 Å². The molecule has 1 heterocycles. The molecule has 0 aliphatic carbocycles. The van der Waals surface area contributed by atoms with Crippen LogP contribution in [-0.4, -0.2) is 12.1 Å². The van der Waals surface area contributed by atoms with Crippen molar-refractivity contribution in [3.63, 3.8) is 0 Å². The Bertz CT molecular complexity index is 752. The van der Waals surface area contributed by atoms with Crippen molar-refractivity contribution >= 4 is 16.8 Å². The van der Waals surface area contributed by atoms with Gasteiger partial charge in [-0.3, -0.25) is 0 Å². The van der Waals surface area contributed by atoms with Gasteiger partial charge in [-0.15, -0.1) is 0 Å². The van der Waals surface area contributed by atoms with Gasteiger partial charge in [0.1, 0.15) is 17.1 Å². The van der Waals surface area contributed by atoms with E-state index in [-0.39, 0.29) is 11.5 Å². The zero-order valence-electron chi connectivity index (χ0n) is 10.2. The number of rotatable bonds is 2. The lowest BCUT2D eigenvalue weighted by Crippen LogP contribution is -1.88. The van der Waals surface area contributed by atoms with Crippen LogP contribution in [0.3, 0.4) is 0 Å². The van der Waals surface area contributed by atoms with Crippen LogP contribution in [0.1, 0.15) is 0 Å². The first-order chi connectivity index (χ1) is 9.17. The van der Waals surface area contributed by atoms with Crippen molar-refractivity contribution in [3.05, 3.63) is 42.2 Å². The summed E-state index contributed by atoms with van der Waals surface area (Å²) in [6.45, 7) is 0. The standard InChI is InChI=1S/C14H11FN2O2/c1-18-9-3-4-10(11(15)7-9)14-17-12-6-8(16)2-5-13(12)19-14/h2-7H,16H2,1H3. The molecular weight excluding hydrogens is 247 g/mol. The van der Waals surface area contributed by atoms with Gasteiger partial charge in [-0.25, -0.2) is 9.37 Å². The number of halogens is 1. The van der Waals surface area contributed by atoms with Crippen molar-refractivity contribution in [1.82, 2.24) is 4.98 Å². The Hall–Kier alpha value is -2.56. The fourth-order valence-corrected chi connectivity index (χ4v) is 1.86. The van der Waals surface area contributed by atoms with Gasteiger partial charge in [-0.2, -0.15) is 0 Å². The van der Waals surface area contributed by atoms with Crippen LogP contribution in [0.15, 0.2) is 40.8 Å². The minimum absolute atomic E-state index is 0.223. The molecule has 96 valence electrons. The monoisotopic (exact) mass is 258 g/mol. The third kappa shape index (κ3) is 1.99. The number of oxazole rings is 1. The van der Waals surface area contributed by atoms with Gasteiger partial charge in [-0.1, -0.05) is 0 Å². The maximum absolute atomic E-state index is 13.9. The summed E-state index contributed by atoms with van der Waals surface area (Å²) in [6.07, 6.45) is 0. The Morgan fingerprint density at radius 2 is 2.05 bits per heavy atom. The van der Waals surface area contributed by atoms with Gasteiger partial charge in [0.15, 0.2) is 5.58 Å². The highest BCUT2D eigenvalue weighted by molar-refractivity contribution is 5.79. The summed E-state index contributed by atoms with van der Waals surface area (Å²) in [6, 6.07) is 9.62. The zero-order valence-corrected chi connectivity index (χ0v) is 10.2. The Balaban J connectivity index is 2.13. The first-order valence-electron chi connectivity index (χ1n) is 5.67. The third-order valence-electron chi connectivity index (χ3n) is 2.82. The van der Waals surface area contributed by atoms with Crippen LogP contribution in [0.2, 0.25) is 0 Å². The number of aromatic nitrogens is 1. The molecule has 0 bridgehead atoms. The normalized spacial score (nSPS) is 10.8. The molecule has 0 aliphatic heterocycles. The van der Waals surface area contributed by atoms with Crippen molar-refractivity contribution in [2.45, 2.75) is 0 Å². The second-order valence-electron chi connectivity index (χ2n) is 4.09. The highest BCUT2D eigenvalue weighted by Gasteiger charge is 2.13. The van der Waals surface area contributed by atoms with E-state index in [1.165, 1.54) is 13.2 Å². The van der Waals surface area contributed by atoms with Crippen molar-refractivity contribution < 1.29 is 13.5 Å². The summed E-state index contributed by atoms with van der Waals surface area (Å²) >= 11 is 0. The quantitative estimate of drug-likeness (QED) is 0.717. The van der Waals surface area contributed by atoms with E-state index in [9.17, 15) is 4.39 Å². The number of anilines is 1. The fraction of sp³-hybridized carbons (Fsp3) is 0.0714. The Labute approximate surface area is 108 Å². The molecule has 0 amide bonds. The molecule has 3 rings (SSSR count). The molecule has 3 aromatic rings. The smallest absolute Gasteiger partial charge is 0.230 e. The molecule has 2 aromatic carbocycles. The van der Waals surface area contributed by atoms with Crippen molar-refractivity contribution in [3.8, 4) is 17.2 Å². The first-order valence-corrected chi connectivity index (χ1v) is 5.67. The lowest BCUT2D eigenvalue weighted by molar-refractivity contribution is 0.411. The van der Waals surface area contributed by atoms with E-state index in [0.717, 1.165) is 0 Å². The van der Waals surface area contributed by atoms with Crippen molar-refractivity contribution in [2.24, 2.45) is 0 Å². The summed E-state index contributed by atoms with van der Waals surface area (Å²) in [5.74, 6) is 0.223. The molecule has 5 heteroatoms. The minimum atomic E-state index is -0.445. The van der Waals surface area contributed by atoms with Crippen LogP contribution in [-0.2, 0) is 0 Å². The summed E-state index contributed by atoms with van der Waals surface area (Å²) in [5, 5.41) is 0. The molecule has 0 radical (unpaired) electrons. The molecule has 2 N–H and O–H groups in total. The van der Waals surface area contributed by atoms with Crippen molar-refractivity contribution in [1.29, 1.82) is 0 Å². The van der Waals surface area contributed by atoms with Crippen LogP contribution in [0.5, 0.6) is 5.75 Å². The molecule has 0 unspecified atom stereocenters. The van der Waals surface area contributed by atoms with Gasteiger partial charge < -0.3 is 14.9 Å². The van der Waals surface area contributed by atoms with E-state index >= 15 is 0 Å². The van der Waals surface area contributed by atoms with Crippen LogP contribution < -0.4 is 10.5 Å². The van der Waals surface area contributed by atoms with E-state index < -0.39 is 5.82 Å². The van der Waals surface area contributed by atoms with E-state index in [1.54, 1.807) is 30.3 Å². The zero-order chi connectivity index (χ0) is 13.4. The molecule has 1 aromatic heterocycles. The highest BCUT2D eigenvalue weighted by atomic mass is 19.1. The van der Waals surface area contributed by atoms with Crippen LogP contribution in [0.25, 0.3) is 22.6 Å². The van der Waals surface area contributed by atoms with Gasteiger partial charge in [0.25, 0.3) is 0 Å². The van der Waals surface area contributed by atoms with E-state index in [1.807, 2.05) is 0 Å². The predicted molar refractivity (Wildman–Crippen MR) is 70.4 cm³/mol. The minimum Gasteiger partial charge on any atom is -0.497 e. The second kappa shape index (κ2) is 4.28. The largest absolute Gasteiger partial charge is 0.497 e. The average molecular weight is 258 g/mol. The number of benzene rings is 2. The number of ether oxygens (including phenoxy) is 1. The summed E-state index contributed by atoms with van der Waals surface area (Å²) < 4.78 is 24.4. The van der Waals surface area contributed by atoms with E-state index in [0.29, 0.717) is 22.5 Å². The molecule has 0 saturated heterocycles. The Kier molecular flexibility index (Phi) is 2.59. The maximum Gasteiger partial charge on any atom is 0.230 e. The van der Waals surface area contributed by atoms with Gasteiger partial charge >= 0.3 is 0 Å². The lowest BCUT2D eigenvalue weighted by atomic mass is 10.2. The van der Waals surface area contributed by atoms with E-state index in [4.69, 9.17) is 14.9 Å². The van der Waals surface area contributed by atoms with Gasteiger partial charge in [0.2, 0.25) is 5.89 Å². The SMILES string of the molecule is COc1ccc(-c2nc3cc(N)ccc3o2)c(F)c1. The maximum atomic E-state index is 13.9. The fourth-order valence-electron chi connectivity index (χ4n) is 1.86.